The van der Waals surface area contributed by atoms with Gasteiger partial charge in [-0.05, 0) is 39.1 Å². The molecule has 146 valence electrons. The topological polar surface area (TPSA) is 66.0 Å². The average molecular weight is 389 g/mol. The molecule has 0 bridgehead atoms. The van der Waals surface area contributed by atoms with Crippen molar-refractivity contribution in [1.29, 1.82) is 0 Å². The summed E-state index contributed by atoms with van der Waals surface area (Å²) < 4.78 is 0. The van der Waals surface area contributed by atoms with Crippen LogP contribution in [0.25, 0.3) is 0 Å². The van der Waals surface area contributed by atoms with Crippen molar-refractivity contribution in [1.82, 2.24) is 10.2 Å². The second kappa shape index (κ2) is 9.15. The smallest absolute Gasteiger partial charge is 0.277 e. The summed E-state index contributed by atoms with van der Waals surface area (Å²) in [5.41, 5.74) is 2.08. The highest BCUT2D eigenvalue weighted by Crippen LogP contribution is 2.22. The van der Waals surface area contributed by atoms with Crippen molar-refractivity contribution >= 4 is 23.2 Å². The third-order valence-corrected chi connectivity index (χ3v) is 5.09. The molecule has 6 heteroatoms. The second-order valence-corrected chi connectivity index (χ2v) is 8.87. The van der Waals surface area contributed by atoms with Crippen LogP contribution in [-0.4, -0.2) is 42.4 Å². The molecule has 0 aliphatic carbocycles. The molecule has 0 radical (unpaired) electrons. The molecule has 0 spiro atoms. The van der Waals surface area contributed by atoms with Gasteiger partial charge in [0.1, 0.15) is 6.04 Å². The highest BCUT2D eigenvalue weighted by atomic mass is 32.1. The van der Waals surface area contributed by atoms with Crippen molar-refractivity contribution in [2.75, 3.05) is 20.1 Å². The molecule has 1 heterocycles. The number of rotatable bonds is 7. The van der Waals surface area contributed by atoms with Crippen LogP contribution in [0.15, 0.2) is 41.8 Å². The molecule has 27 heavy (non-hydrogen) atoms. The Morgan fingerprint density at radius 1 is 1.19 bits per heavy atom. The molecule has 0 aliphatic heterocycles. The molecule has 0 fully saturated rings. The van der Waals surface area contributed by atoms with Crippen molar-refractivity contribution in [3.05, 3.63) is 57.8 Å². The second-order valence-electron chi connectivity index (χ2n) is 7.89. The Bertz CT molecular complexity index is 749. The summed E-state index contributed by atoms with van der Waals surface area (Å²) in [6.45, 7) is 8.19. The molecule has 2 aromatic rings. The lowest BCUT2D eigenvalue weighted by Gasteiger charge is -2.23. The first-order valence-corrected chi connectivity index (χ1v) is 10.0. The van der Waals surface area contributed by atoms with Crippen molar-refractivity contribution < 1.29 is 14.9 Å². The zero-order valence-corrected chi connectivity index (χ0v) is 17.6. The molecule has 1 aromatic heterocycles. The van der Waals surface area contributed by atoms with E-state index in [1.165, 1.54) is 20.9 Å². The van der Waals surface area contributed by atoms with Gasteiger partial charge in [0.15, 0.2) is 6.54 Å². The van der Waals surface area contributed by atoms with Gasteiger partial charge in [0.05, 0.1) is 11.4 Å². The number of nitrogens with one attached hydrogen (secondary N) is 1. The van der Waals surface area contributed by atoms with E-state index in [0.29, 0.717) is 0 Å². The third kappa shape index (κ3) is 6.81. The summed E-state index contributed by atoms with van der Waals surface area (Å²) in [6.07, 6.45) is 0. The number of carbonyl (C=O) groups is 2. The van der Waals surface area contributed by atoms with Gasteiger partial charge in [-0.3, -0.25) is 9.59 Å². The van der Waals surface area contributed by atoms with Gasteiger partial charge in [0, 0.05) is 18.2 Å². The number of likely N-dealkylation sites (N-methyl/N-ethyl adjacent to an activating group) is 1. The molecule has 2 rings (SSSR count). The van der Waals surface area contributed by atoms with E-state index in [4.69, 9.17) is 0 Å². The zero-order valence-electron chi connectivity index (χ0n) is 16.8. The minimum atomic E-state index is -0.303. The van der Waals surface area contributed by atoms with E-state index < -0.39 is 0 Å². The number of hydrogen-bond acceptors (Lipinski definition) is 3. The lowest BCUT2D eigenvalue weighted by atomic mass is 10.0. The lowest BCUT2D eigenvalue weighted by molar-refractivity contribution is -0.676. The Morgan fingerprint density at radius 3 is 2.41 bits per heavy atom. The maximum atomic E-state index is 12.5. The molecule has 1 aromatic carbocycles. The fraction of sp³-hybridized carbons (Fsp3) is 0.429. The van der Waals surface area contributed by atoms with Gasteiger partial charge in [-0.15, -0.1) is 11.3 Å². The molecule has 2 amide bonds. The molecular weight excluding hydrogens is 358 g/mol. The summed E-state index contributed by atoms with van der Waals surface area (Å²) in [7, 11) is 1.67. The first-order valence-electron chi connectivity index (χ1n) is 9.14. The van der Waals surface area contributed by atoms with Gasteiger partial charge in [0.25, 0.3) is 5.91 Å². The van der Waals surface area contributed by atoms with E-state index in [1.807, 2.05) is 32.2 Å². The average Bonchev–Trinajstić information content (AvgIpc) is 3.08. The fourth-order valence-corrected chi connectivity index (χ4v) is 3.64. The number of nitrogens with zero attached hydrogens (tertiary/aromatic N) is 1. The van der Waals surface area contributed by atoms with Crippen LogP contribution in [0, 0.1) is 6.92 Å². The Kier molecular flexibility index (Phi) is 7.16. The first kappa shape index (κ1) is 21.1. The minimum absolute atomic E-state index is 0.0623. The maximum absolute atomic E-state index is 12.5. The van der Waals surface area contributed by atoms with Crippen LogP contribution in [-0.2, 0) is 9.59 Å². The number of hydrogen-bond donors (Lipinski definition) is 2. The molecule has 0 saturated carbocycles. The third-order valence-electron chi connectivity index (χ3n) is 4.14. The Morgan fingerprint density at radius 2 is 1.85 bits per heavy atom. The van der Waals surface area contributed by atoms with Crippen LogP contribution >= 0.6 is 11.3 Å². The number of thiophene rings is 1. The summed E-state index contributed by atoms with van der Waals surface area (Å²) in [5, 5.41) is 6.97. The van der Waals surface area contributed by atoms with Crippen LogP contribution < -0.4 is 10.6 Å². The summed E-state index contributed by atoms with van der Waals surface area (Å²) in [6, 6.07) is 12.6. The maximum Gasteiger partial charge on any atom is 0.277 e. The predicted molar refractivity (Wildman–Crippen MR) is 110 cm³/mol. The van der Waals surface area contributed by atoms with E-state index in [0.717, 1.165) is 0 Å². The van der Waals surface area contributed by atoms with E-state index >= 15 is 0 Å². The van der Waals surface area contributed by atoms with Crippen molar-refractivity contribution in [2.24, 2.45) is 0 Å². The van der Waals surface area contributed by atoms with Gasteiger partial charge < -0.3 is 15.5 Å². The largest absolute Gasteiger partial charge is 0.350 e. The Balaban J connectivity index is 1.99. The van der Waals surface area contributed by atoms with Gasteiger partial charge in [-0.1, -0.05) is 35.9 Å². The Labute approximate surface area is 165 Å². The number of amides is 2. The molecule has 0 unspecified atom stereocenters. The van der Waals surface area contributed by atoms with Gasteiger partial charge >= 0.3 is 0 Å². The van der Waals surface area contributed by atoms with Gasteiger partial charge in [-0.2, -0.15) is 0 Å². The number of benzene rings is 1. The summed E-state index contributed by atoms with van der Waals surface area (Å²) in [4.78, 5) is 27.3. The molecule has 0 saturated heterocycles. The first-order chi connectivity index (χ1) is 12.7. The van der Waals surface area contributed by atoms with Crippen LogP contribution in [0.2, 0.25) is 0 Å². The highest BCUT2D eigenvalue weighted by Gasteiger charge is 2.23. The zero-order chi connectivity index (χ0) is 20.0. The Hall–Kier alpha value is -2.18. The van der Waals surface area contributed by atoms with Crippen molar-refractivity contribution in [2.45, 2.75) is 39.3 Å². The van der Waals surface area contributed by atoms with Gasteiger partial charge in [0.2, 0.25) is 5.91 Å². The molecular formula is C21H30N3O2S+. The summed E-state index contributed by atoms with van der Waals surface area (Å²) in [5.74, 6) is -0.209. The SMILES string of the molecule is Cc1ccc([C@@H]([NH2+]CC(=O)N(C)CC(=O)NC(C)(C)C)c2cccs2)cc1. The lowest BCUT2D eigenvalue weighted by Crippen LogP contribution is -2.87. The number of aryl methyl sites for hydroxylation is 1. The number of carbonyl (C=O) groups excluding carboxylic acids is 2. The molecule has 1 atom stereocenters. The quantitative estimate of drug-likeness (QED) is 0.763. The van der Waals surface area contributed by atoms with Crippen LogP contribution in [0.4, 0.5) is 0 Å². The molecule has 0 aliphatic rings. The fourth-order valence-electron chi connectivity index (χ4n) is 2.79. The van der Waals surface area contributed by atoms with Gasteiger partial charge in [-0.25, -0.2) is 0 Å². The number of nitrogens with two attached hydrogens (primary N) is 1. The van der Waals surface area contributed by atoms with E-state index in [1.54, 1.807) is 18.4 Å². The monoisotopic (exact) mass is 388 g/mol. The van der Waals surface area contributed by atoms with Crippen LogP contribution in [0.5, 0.6) is 0 Å². The predicted octanol–water partition coefficient (Wildman–Crippen LogP) is 2.08. The minimum Gasteiger partial charge on any atom is -0.350 e. The van der Waals surface area contributed by atoms with E-state index in [-0.39, 0.29) is 36.5 Å². The van der Waals surface area contributed by atoms with Crippen molar-refractivity contribution in [3.63, 3.8) is 0 Å². The van der Waals surface area contributed by atoms with Crippen LogP contribution in [0.3, 0.4) is 0 Å². The highest BCUT2D eigenvalue weighted by molar-refractivity contribution is 7.10. The van der Waals surface area contributed by atoms with Crippen LogP contribution in [0.1, 0.15) is 42.8 Å². The summed E-state index contributed by atoms with van der Waals surface area (Å²) >= 11 is 1.69. The van der Waals surface area contributed by atoms with E-state index in [9.17, 15) is 9.59 Å². The normalized spacial score (nSPS) is 12.5. The van der Waals surface area contributed by atoms with Crippen molar-refractivity contribution in [3.8, 4) is 0 Å². The number of quaternary nitrogens is 1. The standard InChI is InChI=1S/C21H29N3O2S/c1-15-8-10-16(11-9-15)20(17-7-6-12-27-17)22-13-19(26)24(5)14-18(25)23-21(2,3)4/h6-12,20,22H,13-14H2,1-5H3,(H,23,25)/p+1/t20-/m1/s1. The molecule has 3 N–H and O–H groups in total. The van der Waals surface area contributed by atoms with E-state index in [2.05, 4.69) is 48.0 Å². The molecule has 5 nitrogen and oxygen atoms in total.